The number of ether oxygens (including phenoxy) is 1. The van der Waals surface area contributed by atoms with Gasteiger partial charge in [-0.25, -0.2) is 4.98 Å². The number of imidazole rings is 1. The second kappa shape index (κ2) is 9.14. The first-order chi connectivity index (χ1) is 18.7. The molecular weight excluding hydrogens is 535 g/mol. The molecule has 2 aliphatic rings. The number of carbonyl (C=O) groups is 2. The van der Waals surface area contributed by atoms with Crippen LogP contribution in [0.5, 0.6) is 5.75 Å². The summed E-state index contributed by atoms with van der Waals surface area (Å²) >= 11 is 13.2. The van der Waals surface area contributed by atoms with Crippen molar-refractivity contribution in [3.8, 4) is 28.3 Å². The summed E-state index contributed by atoms with van der Waals surface area (Å²) in [4.78, 5) is 33.4. The Morgan fingerprint density at radius 1 is 1.08 bits per heavy atom. The Labute approximate surface area is 236 Å². The number of amides is 2. The van der Waals surface area contributed by atoms with E-state index in [1.165, 1.54) is 0 Å². The molecule has 0 spiro atoms. The third-order valence-electron chi connectivity index (χ3n) is 7.48. The highest BCUT2D eigenvalue weighted by Gasteiger charge is 2.49. The number of rotatable bonds is 4. The van der Waals surface area contributed by atoms with Crippen molar-refractivity contribution < 1.29 is 14.3 Å². The number of methoxy groups -OCH3 is 1. The van der Waals surface area contributed by atoms with Crippen LogP contribution in [0.25, 0.3) is 22.5 Å². The number of hydrogen-bond acceptors (Lipinski definition) is 4. The predicted molar refractivity (Wildman–Crippen MR) is 153 cm³/mol. The van der Waals surface area contributed by atoms with E-state index in [4.69, 9.17) is 32.9 Å². The van der Waals surface area contributed by atoms with E-state index in [2.05, 4.69) is 23.7 Å². The number of nitrogens with zero attached hydrogens (tertiary/aromatic N) is 3. The number of benzene rings is 3. The number of carbonyl (C=O) groups excluding carboxylic acids is 2. The Hall–Kier alpha value is -3.81. The number of fused-ring (bicyclic) bond motifs is 8. The van der Waals surface area contributed by atoms with Gasteiger partial charge in [-0.3, -0.25) is 14.5 Å². The summed E-state index contributed by atoms with van der Waals surface area (Å²) in [6, 6.07) is 14.2. The van der Waals surface area contributed by atoms with Crippen LogP contribution in [0.1, 0.15) is 63.6 Å². The average molecular weight is 561 g/mol. The number of nitrogens with one attached hydrogen (secondary N) is 1. The van der Waals surface area contributed by atoms with Crippen LogP contribution in [0.2, 0.25) is 10.0 Å². The molecule has 4 aromatic rings. The van der Waals surface area contributed by atoms with Crippen molar-refractivity contribution in [2.24, 2.45) is 0 Å². The standard InChI is InChI=1S/C30H26Cl2N4O3/c1-14(2)35-27-24(34-28(35)20-12-16(29(37)33-4)7-11-22(20)39-5)30(38)36-25-15(3)6-10-21(32)23(25)19-13-17(31)8-9-18(19)26(27)36/h6-14,26H,1-5H3,(H,33,37). The molecular formula is C30H26Cl2N4O3. The van der Waals surface area contributed by atoms with Gasteiger partial charge in [-0.2, -0.15) is 0 Å². The van der Waals surface area contributed by atoms with Gasteiger partial charge in [0.1, 0.15) is 17.6 Å². The molecule has 2 amide bonds. The maximum atomic E-state index is 14.2. The van der Waals surface area contributed by atoms with Crippen molar-refractivity contribution in [1.29, 1.82) is 0 Å². The summed E-state index contributed by atoms with van der Waals surface area (Å²) in [5, 5.41) is 3.80. The fraction of sp³-hybridized carbons (Fsp3) is 0.233. The molecule has 0 fully saturated rings. The van der Waals surface area contributed by atoms with Gasteiger partial charge in [-0.1, -0.05) is 35.3 Å². The minimum Gasteiger partial charge on any atom is -0.496 e. The summed E-state index contributed by atoms with van der Waals surface area (Å²) in [6.07, 6.45) is 0. The molecule has 6 rings (SSSR count). The van der Waals surface area contributed by atoms with Crippen LogP contribution in [-0.4, -0.2) is 35.5 Å². The molecule has 3 aromatic carbocycles. The van der Waals surface area contributed by atoms with Gasteiger partial charge in [0, 0.05) is 29.2 Å². The molecule has 198 valence electrons. The first-order valence-corrected chi connectivity index (χ1v) is 13.4. The molecule has 39 heavy (non-hydrogen) atoms. The Bertz CT molecular complexity index is 1710. The topological polar surface area (TPSA) is 76.5 Å². The van der Waals surface area contributed by atoms with Gasteiger partial charge in [0.2, 0.25) is 0 Å². The zero-order chi connectivity index (χ0) is 27.7. The van der Waals surface area contributed by atoms with Gasteiger partial charge >= 0.3 is 0 Å². The summed E-state index contributed by atoms with van der Waals surface area (Å²) in [6.45, 7) is 6.08. The normalized spacial score (nSPS) is 15.1. The van der Waals surface area contributed by atoms with Crippen molar-refractivity contribution in [1.82, 2.24) is 14.9 Å². The zero-order valence-corrected chi connectivity index (χ0v) is 23.6. The highest BCUT2D eigenvalue weighted by Crippen LogP contribution is 2.56. The zero-order valence-electron chi connectivity index (χ0n) is 22.1. The second-order valence-electron chi connectivity index (χ2n) is 10.0. The molecule has 0 aliphatic carbocycles. The molecule has 1 atom stereocenters. The molecule has 0 saturated heterocycles. The van der Waals surface area contributed by atoms with Crippen LogP contribution in [0, 0.1) is 6.92 Å². The number of halogens is 2. The van der Waals surface area contributed by atoms with Gasteiger partial charge in [-0.15, -0.1) is 0 Å². The van der Waals surface area contributed by atoms with E-state index in [1.807, 2.05) is 42.2 Å². The molecule has 2 aliphatic heterocycles. The molecule has 3 heterocycles. The van der Waals surface area contributed by atoms with Crippen LogP contribution in [-0.2, 0) is 0 Å². The fourth-order valence-electron chi connectivity index (χ4n) is 5.84. The van der Waals surface area contributed by atoms with E-state index in [9.17, 15) is 9.59 Å². The Kier molecular flexibility index (Phi) is 5.97. The van der Waals surface area contributed by atoms with E-state index >= 15 is 0 Å². The van der Waals surface area contributed by atoms with Crippen molar-refractivity contribution in [2.75, 3.05) is 19.1 Å². The average Bonchev–Trinajstić information content (AvgIpc) is 3.45. The number of aryl methyl sites for hydroxylation is 1. The number of aromatic nitrogens is 2. The second-order valence-corrected chi connectivity index (χ2v) is 10.9. The highest BCUT2D eigenvalue weighted by atomic mass is 35.5. The van der Waals surface area contributed by atoms with Crippen molar-refractivity contribution in [2.45, 2.75) is 32.9 Å². The Morgan fingerprint density at radius 3 is 2.54 bits per heavy atom. The third-order valence-corrected chi connectivity index (χ3v) is 8.03. The SMILES string of the molecule is CNC(=O)c1ccc(OC)c(-c2nc3c(n2C(C)C)C2c4ccc(Cl)cc4-c4c(Cl)ccc(C)c4N2C3=O)c1. The lowest BCUT2D eigenvalue weighted by molar-refractivity contribution is 0.0961. The minimum absolute atomic E-state index is 0.0602. The lowest BCUT2D eigenvalue weighted by Crippen LogP contribution is -2.34. The molecule has 1 aromatic heterocycles. The molecule has 0 saturated carbocycles. The van der Waals surface area contributed by atoms with Crippen molar-refractivity contribution in [3.63, 3.8) is 0 Å². The highest BCUT2D eigenvalue weighted by molar-refractivity contribution is 6.35. The summed E-state index contributed by atoms with van der Waals surface area (Å²) in [5.41, 5.74) is 6.55. The first kappa shape index (κ1) is 25.5. The maximum Gasteiger partial charge on any atom is 0.279 e. The van der Waals surface area contributed by atoms with Crippen LogP contribution in [0.15, 0.2) is 48.5 Å². The van der Waals surface area contributed by atoms with E-state index in [-0.39, 0.29) is 17.9 Å². The summed E-state index contributed by atoms with van der Waals surface area (Å²) < 4.78 is 7.75. The molecule has 9 heteroatoms. The fourth-order valence-corrected chi connectivity index (χ4v) is 6.26. The molecule has 7 nitrogen and oxygen atoms in total. The molecule has 1 unspecified atom stereocenters. The quantitative estimate of drug-likeness (QED) is 0.296. The third kappa shape index (κ3) is 3.60. The summed E-state index contributed by atoms with van der Waals surface area (Å²) in [5.74, 6) is 0.693. The monoisotopic (exact) mass is 560 g/mol. The lowest BCUT2D eigenvalue weighted by atomic mass is 9.86. The van der Waals surface area contributed by atoms with Crippen molar-refractivity contribution in [3.05, 3.63) is 86.7 Å². The van der Waals surface area contributed by atoms with Crippen LogP contribution >= 0.6 is 23.2 Å². The maximum absolute atomic E-state index is 14.2. The van der Waals surface area contributed by atoms with Gasteiger partial charge in [0.15, 0.2) is 5.69 Å². The van der Waals surface area contributed by atoms with Gasteiger partial charge < -0.3 is 14.6 Å². The molecule has 0 radical (unpaired) electrons. The first-order valence-electron chi connectivity index (χ1n) is 12.6. The summed E-state index contributed by atoms with van der Waals surface area (Å²) in [7, 11) is 3.16. The number of hydrogen-bond donors (Lipinski definition) is 1. The van der Waals surface area contributed by atoms with Crippen molar-refractivity contribution >= 4 is 40.7 Å². The van der Waals surface area contributed by atoms with E-state index in [0.29, 0.717) is 38.4 Å². The predicted octanol–water partition coefficient (Wildman–Crippen LogP) is 6.84. The van der Waals surface area contributed by atoms with Gasteiger partial charge in [0.05, 0.1) is 29.1 Å². The lowest BCUT2D eigenvalue weighted by Gasteiger charge is -2.37. The van der Waals surface area contributed by atoms with E-state index in [1.54, 1.807) is 32.4 Å². The van der Waals surface area contributed by atoms with Crippen LogP contribution in [0.3, 0.4) is 0 Å². The van der Waals surface area contributed by atoms with E-state index in [0.717, 1.165) is 33.6 Å². The van der Waals surface area contributed by atoms with Gasteiger partial charge in [0.25, 0.3) is 11.8 Å². The minimum atomic E-state index is -0.429. The Balaban J connectivity index is 1.66. The Morgan fingerprint density at radius 2 is 1.85 bits per heavy atom. The largest absolute Gasteiger partial charge is 0.496 e. The van der Waals surface area contributed by atoms with E-state index < -0.39 is 6.04 Å². The molecule has 1 N–H and O–H groups in total. The molecule has 0 bridgehead atoms. The number of anilines is 1. The van der Waals surface area contributed by atoms with Gasteiger partial charge in [-0.05, 0) is 73.9 Å². The smallest absolute Gasteiger partial charge is 0.279 e. The van der Waals surface area contributed by atoms with Crippen LogP contribution < -0.4 is 15.0 Å². The van der Waals surface area contributed by atoms with Crippen LogP contribution in [0.4, 0.5) is 5.69 Å².